The van der Waals surface area contributed by atoms with Gasteiger partial charge in [-0.25, -0.2) is 0 Å². The van der Waals surface area contributed by atoms with Crippen LogP contribution in [0.3, 0.4) is 0 Å². The molecule has 4 heteroatoms. The first-order chi connectivity index (χ1) is 12.8. The van der Waals surface area contributed by atoms with Gasteiger partial charge in [0.15, 0.2) is 0 Å². The first kappa shape index (κ1) is 17.8. The largest absolute Gasteiger partial charge is 0.468 e. The van der Waals surface area contributed by atoms with E-state index in [9.17, 15) is 0 Å². The summed E-state index contributed by atoms with van der Waals surface area (Å²) in [4.78, 5) is 5.18. The fraction of sp³-hybridized carbons (Fsp3) is 0.545. The molecule has 3 heterocycles. The first-order valence-corrected chi connectivity index (χ1v) is 9.77. The Labute approximate surface area is 156 Å². The van der Waals surface area contributed by atoms with Crippen molar-refractivity contribution in [2.75, 3.05) is 39.9 Å². The molecule has 0 amide bonds. The number of piperidine rings is 1. The van der Waals surface area contributed by atoms with Gasteiger partial charge in [-0.05, 0) is 49.0 Å². The van der Waals surface area contributed by atoms with Crippen molar-refractivity contribution in [2.45, 2.75) is 25.9 Å². The fourth-order valence-corrected chi connectivity index (χ4v) is 4.88. The van der Waals surface area contributed by atoms with Crippen LogP contribution in [-0.4, -0.2) is 49.7 Å². The number of likely N-dealkylation sites (tertiary alicyclic amines) is 2. The summed E-state index contributed by atoms with van der Waals surface area (Å²) < 4.78 is 11.2. The van der Waals surface area contributed by atoms with Gasteiger partial charge in [0, 0.05) is 32.7 Å². The van der Waals surface area contributed by atoms with E-state index in [1.165, 1.54) is 38.0 Å². The second kappa shape index (κ2) is 7.95. The standard InChI is InChI=1S/C22H30N2O2/c1-25-17-20-15-24(16-21-8-5-13-26-21)18-22(20)9-11-23(12-10-22)14-19-6-3-2-4-7-19/h2-8,13,20H,9-12,14-18H2,1H3/t20-/m0/s1. The van der Waals surface area contributed by atoms with E-state index in [0.29, 0.717) is 11.3 Å². The van der Waals surface area contributed by atoms with E-state index < -0.39 is 0 Å². The fourth-order valence-electron chi connectivity index (χ4n) is 4.88. The van der Waals surface area contributed by atoms with Crippen LogP contribution in [0.25, 0.3) is 0 Å². The summed E-state index contributed by atoms with van der Waals surface area (Å²) in [5.41, 5.74) is 1.82. The van der Waals surface area contributed by atoms with Gasteiger partial charge >= 0.3 is 0 Å². The Hall–Kier alpha value is -1.62. The van der Waals surface area contributed by atoms with Crippen molar-refractivity contribution in [3.63, 3.8) is 0 Å². The Kier molecular flexibility index (Phi) is 5.44. The van der Waals surface area contributed by atoms with Crippen molar-refractivity contribution in [2.24, 2.45) is 11.3 Å². The molecule has 2 aliphatic rings. The second-order valence-electron chi connectivity index (χ2n) is 8.03. The van der Waals surface area contributed by atoms with Crippen LogP contribution >= 0.6 is 0 Å². The molecule has 0 unspecified atom stereocenters. The lowest BCUT2D eigenvalue weighted by Gasteiger charge is -2.42. The maximum absolute atomic E-state index is 5.60. The molecule has 2 aliphatic heterocycles. The van der Waals surface area contributed by atoms with Crippen LogP contribution in [0.1, 0.15) is 24.2 Å². The third kappa shape index (κ3) is 3.88. The molecule has 0 bridgehead atoms. The topological polar surface area (TPSA) is 28.9 Å². The average molecular weight is 354 g/mol. The molecule has 4 rings (SSSR count). The zero-order valence-electron chi connectivity index (χ0n) is 15.8. The van der Waals surface area contributed by atoms with Gasteiger partial charge < -0.3 is 9.15 Å². The minimum atomic E-state index is 0.399. The quantitative estimate of drug-likeness (QED) is 0.792. The van der Waals surface area contributed by atoms with Gasteiger partial charge in [0.25, 0.3) is 0 Å². The van der Waals surface area contributed by atoms with Crippen molar-refractivity contribution in [3.8, 4) is 0 Å². The summed E-state index contributed by atoms with van der Waals surface area (Å²) in [5, 5.41) is 0. The molecule has 2 saturated heterocycles. The van der Waals surface area contributed by atoms with Crippen LogP contribution in [0.5, 0.6) is 0 Å². The van der Waals surface area contributed by atoms with Crippen molar-refractivity contribution >= 4 is 0 Å². The molecule has 0 aliphatic carbocycles. The van der Waals surface area contributed by atoms with Crippen LogP contribution in [0.2, 0.25) is 0 Å². The van der Waals surface area contributed by atoms with Crippen LogP contribution in [0.15, 0.2) is 53.1 Å². The van der Waals surface area contributed by atoms with Gasteiger partial charge in [-0.3, -0.25) is 9.80 Å². The Morgan fingerprint density at radius 3 is 2.54 bits per heavy atom. The molecule has 0 radical (unpaired) electrons. The molecule has 140 valence electrons. The SMILES string of the molecule is COC[C@@H]1CN(Cc2ccco2)CC12CCN(Cc1ccccc1)CC2. The molecule has 1 aromatic carbocycles. The summed E-state index contributed by atoms with van der Waals surface area (Å²) in [6.45, 7) is 7.51. The maximum atomic E-state index is 5.60. The number of benzene rings is 1. The lowest BCUT2D eigenvalue weighted by atomic mass is 9.71. The van der Waals surface area contributed by atoms with Crippen molar-refractivity contribution in [1.29, 1.82) is 0 Å². The molecule has 4 nitrogen and oxygen atoms in total. The molecule has 26 heavy (non-hydrogen) atoms. The van der Waals surface area contributed by atoms with Crippen molar-refractivity contribution in [3.05, 3.63) is 60.1 Å². The highest BCUT2D eigenvalue weighted by atomic mass is 16.5. The molecule has 0 N–H and O–H groups in total. The summed E-state index contributed by atoms with van der Waals surface area (Å²) in [6, 6.07) is 14.9. The Morgan fingerprint density at radius 1 is 1.04 bits per heavy atom. The second-order valence-corrected chi connectivity index (χ2v) is 8.03. The van der Waals surface area contributed by atoms with E-state index >= 15 is 0 Å². The zero-order chi connectivity index (χ0) is 17.8. The van der Waals surface area contributed by atoms with E-state index in [0.717, 1.165) is 32.0 Å². The number of ether oxygens (including phenoxy) is 1. The van der Waals surface area contributed by atoms with Crippen LogP contribution in [0, 0.1) is 11.3 Å². The molecule has 0 saturated carbocycles. The van der Waals surface area contributed by atoms with Gasteiger partial charge in [0.1, 0.15) is 5.76 Å². The predicted octanol–water partition coefficient (Wildman–Crippen LogP) is 3.64. The molecule has 1 aromatic heterocycles. The molecular weight excluding hydrogens is 324 g/mol. The van der Waals surface area contributed by atoms with Gasteiger partial charge in [0.2, 0.25) is 0 Å². The third-order valence-corrected chi connectivity index (χ3v) is 6.31. The maximum Gasteiger partial charge on any atom is 0.117 e. The zero-order valence-corrected chi connectivity index (χ0v) is 15.8. The lowest BCUT2D eigenvalue weighted by molar-refractivity contribution is 0.0350. The molecule has 1 atom stereocenters. The normalized spacial score (nSPS) is 23.7. The monoisotopic (exact) mass is 354 g/mol. The van der Waals surface area contributed by atoms with Gasteiger partial charge in [-0.1, -0.05) is 30.3 Å². The number of rotatable bonds is 6. The average Bonchev–Trinajstić information content (AvgIpc) is 3.28. The minimum absolute atomic E-state index is 0.399. The number of furan rings is 1. The van der Waals surface area contributed by atoms with E-state index in [-0.39, 0.29) is 0 Å². The summed E-state index contributed by atoms with van der Waals surface area (Å²) in [5.74, 6) is 1.70. The lowest BCUT2D eigenvalue weighted by Crippen LogP contribution is -2.44. The smallest absolute Gasteiger partial charge is 0.117 e. The van der Waals surface area contributed by atoms with Crippen LogP contribution in [-0.2, 0) is 17.8 Å². The Balaban J connectivity index is 1.38. The summed E-state index contributed by atoms with van der Waals surface area (Å²) in [6.07, 6.45) is 4.31. The summed E-state index contributed by atoms with van der Waals surface area (Å²) in [7, 11) is 1.84. The first-order valence-electron chi connectivity index (χ1n) is 9.77. The molecule has 2 fully saturated rings. The number of hydrogen-bond donors (Lipinski definition) is 0. The van der Waals surface area contributed by atoms with Gasteiger partial charge in [-0.15, -0.1) is 0 Å². The van der Waals surface area contributed by atoms with E-state index in [1.807, 2.05) is 13.2 Å². The van der Waals surface area contributed by atoms with Gasteiger partial charge in [0.05, 0.1) is 19.4 Å². The third-order valence-electron chi connectivity index (χ3n) is 6.31. The van der Waals surface area contributed by atoms with E-state index in [1.54, 1.807) is 6.26 Å². The number of hydrogen-bond acceptors (Lipinski definition) is 4. The van der Waals surface area contributed by atoms with E-state index in [4.69, 9.17) is 9.15 Å². The summed E-state index contributed by atoms with van der Waals surface area (Å²) >= 11 is 0. The van der Waals surface area contributed by atoms with Crippen LogP contribution < -0.4 is 0 Å². The highest BCUT2D eigenvalue weighted by molar-refractivity contribution is 5.14. The van der Waals surface area contributed by atoms with Gasteiger partial charge in [-0.2, -0.15) is 0 Å². The molecule has 2 aromatic rings. The van der Waals surface area contributed by atoms with E-state index in [2.05, 4.69) is 46.2 Å². The number of nitrogens with zero attached hydrogens (tertiary/aromatic N) is 2. The van der Waals surface area contributed by atoms with Crippen LogP contribution in [0.4, 0.5) is 0 Å². The highest BCUT2D eigenvalue weighted by Gasteiger charge is 2.47. The molecule has 1 spiro atoms. The van der Waals surface area contributed by atoms with Crippen molar-refractivity contribution in [1.82, 2.24) is 9.80 Å². The Bertz CT molecular complexity index is 663. The highest BCUT2D eigenvalue weighted by Crippen LogP contribution is 2.45. The minimum Gasteiger partial charge on any atom is -0.468 e. The molecular formula is C22H30N2O2. The van der Waals surface area contributed by atoms with Crippen molar-refractivity contribution < 1.29 is 9.15 Å². The predicted molar refractivity (Wildman–Crippen MR) is 103 cm³/mol. The number of methoxy groups -OCH3 is 1. The Morgan fingerprint density at radius 2 is 1.85 bits per heavy atom.